The van der Waals surface area contributed by atoms with E-state index in [0.717, 1.165) is 22.8 Å². The SMILES string of the molecule is Cc1cc(C)n(-c2cc(NCc3cnnn3C)cc(NC3CCC(F)(F)CC3)n2)n1. The number of pyridine rings is 1. The molecule has 3 aromatic rings. The Morgan fingerprint density at radius 2 is 1.93 bits per heavy atom. The van der Waals surface area contributed by atoms with Crippen molar-refractivity contribution in [3.63, 3.8) is 0 Å². The number of aromatic nitrogens is 6. The van der Waals surface area contributed by atoms with Crippen LogP contribution in [0, 0.1) is 13.8 Å². The van der Waals surface area contributed by atoms with Gasteiger partial charge < -0.3 is 10.6 Å². The Hall–Kier alpha value is -3.04. The Bertz CT molecular complexity index is 1020. The van der Waals surface area contributed by atoms with Gasteiger partial charge in [0.2, 0.25) is 5.92 Å². The molecule has 0 spiro atoms. The molecule has 0 unspecified atom stereocenters. The van der Waals surface area contributed by atoms with E-state index in [4.69, 9.17) is 4.98 Å². The molecule has 4 rings (SSSR count). The van der Waals surface area contributed by atoms with E-state index >= 15 is 0 Å². The number of alkyl halides is 2. The van der Waals surface area contributed by atoms with Crippen molar-refractivity contribution in [2.75, 3.05) is 10.6 Å². The van der Waals surface area contributed by atoms with Gasteiger partial charge in [-0.25, -0.2) is 18.4 Å². The standard InChI is InChI=1S/C20H26F2N8/c1-13-8-14(2)30(27-13)19-10-16(23-11-17-12-24-28-29(17)3)9-18(26-19)25-15-4-6-20(21,22)7-5-15/h8-10,12,15H,4-7,11H2,1-3H3,(H2,23,25,26). The van der Waals surface area contributed by atoms with Crippen LogP contribution < -0.4 is 10.6 Å². The molecular weight excluding hydrogens is 390 g/mol. The highest BCUT2D eigenvalue weighted by Crippen LogP contribution is 2.34. The smallest absolute Gasteiger partial charge is 0.248 e. The van der Waals surface area contributed by atoms with Gasteiger partial charge in [-0.3, -0.25) is 4.68 Å². The maximum absolute atomic E-state index is 13.5. The van der Waals surface area contributed by atoms with E-state index in [9.17, 15) is 8.78 Å². The van der Waals surface area contributed by atoms with Crippen molar-refractivity contribution < 1.29 is 8.78 Å². The van der Waals surface area contributed by atoms with E-state index in [-0.39, 0.29) is 18.9 Å². The first-order valence-corrected chi connectivity index (χ1v) is 10.1. The van der Waals surface area contributed by atoms with Crippen molar-refractivity contribution >= 4 is 11.5 Å². The Labute approximate surface area is 173 Å². The molecule has 160 valence electrons. The molecule has 3 aromatic heterocycles. The summed E-state index contributed by atoms with van der Waals surface area (Å²) in [6.45, 7) is 4.45. The molecule has 1 saturated carbocycles. The first-order chi connectivity index (χ1) is 14.3. The number of aryl methyl sites for hydroxylation is 3. The number of hydrogen-bond donors (Lipinski definition) is 2. The molecule has 1 aliphatic carbocycles. The molecule has 3 heterocycles. The van der Waals surface area contributed by atoms with Gasteiger partial charge in [0.15, 0.2) is 5.82 Å². The zero-order valence-corrected chi connectivity index (χ0v) is 17.4. The van der Waals surface area contributed by atoms with Gasteiger partial charge in [0, 0.05) is 49.4 Å². The first kappa shape index (κ1) is 20.2. The topological polar surface area (TPSA) is 85.5 Å². The third kappa shape index (κ3) is 4.58. The lowest BCUT2D eigenvalue weighted by molar-refractivity contribution is -0.0361. The Morgan fingerprint density at radius 3 is 2.57 bits per heavy atom. The molecular formula is C20H26F2N8. The van der Waals surface area contributed by atoms with Crippen LogP contribution in [-0.2, 0) is 13.6 Å². The molecule has 0 saturated heterocycles. The van der Waals surface area contributed by atoms with Gasteiger partial charge >= 0.3 is 0 Å². The van der Waals surface area contributed by atoms with Crippen molar-refractivity contribution in [1.82, 2.24) is 29.8 Å². The minimum Gasteiger partial charge on any atom is -0.379 e. The molecule has 2 N–H and O–H groups in total. The molecule has 0 amide bonds. The van der Waals surface area contributed by atoms with Crippen LogP contribution in [0.1, 0.15) is 42.8 Å². The Balaban J connectivity index is 1.59. The zero-order valence-electron chi connectivity index (χ0n) is 17.4. The van der Waals surface area contributed by atoms with E-state index < -0.39 is 5.92 Å². The second-order valence-electron chi connectivity index (χ2n) is 7.92. The lowest BCUT2D eigenvalue weighted by Gasteiger charge is -2.29. The van der Waals surface area contributed by atoms with Crippen molar-refractivity contribution in [2.24, 2.45) is 7.05 Å². The number of anilines is 2. The van der Waals surface area contributed by atoms with Crippen LogP contribution in [0.15, 0.2) is 24.4 Å². The molecule has 0 bridgehead atoms. The predicted molar refractivity (Wildman–Crippen MR) is 110 cm³/mol. The van der Waals surface area contributed by atoms with E-state index in [1.807, 2.05) is 39.1 Å². The molecule has 0 atom stereocenters. The molecule has 1 aliphatic rings. The summed E-state index contributed by atoms with van der Waals surface area (Å²) in [4.78, 5) is 4.70. The van der Waals surface area contributed by atoms with Crippen LogP contribution in [0.4, 0.5) is 20.3 Å². The monoisotopic (exact) mass is 416 g/mol. The predicted octanol–water partition coefficient (Wildman–Crippen LogP) is 3.61. The van der Waals surface area contributed by atoms with Crippen molar-refractivity contribution in [2.45, 2.75) is 58.0 Å². The second-order valence-corrected chi connectivity index (χ2v) is 7.92. The van der Waals surface area contributed by atoms with Crippen molar-refractivity contribution in [3.8, 4) is 5.82 Å². The Kier molecular flexibility index (Phi) is 5.40. The summed E-state index contributed by atoms with van der Waals surface area (Å²) in [5.74, 6) is -1.25. The summed E-state index contributed by atoms with van der Waals surface area (Å²) in [6.07, 6.45) is 2.35. The molecule has 1 fully saturated rings. The summed E-state index contributed by atoms with van der Waals surface area (Å²) in [7, 11) is 1.84. The van der Waals surface area contributed by atoms with Crippen LogP contribution >= 0.6 is 0 Å². The minimum absolute atomic E-state index is 0.0260. The summed E-state index contributed by atoms with van der Waals surface area (Å²) < 4.78 is 30.5. The number of rotatable bonds is 6. The maximum Gasteiger partial charge on any atom is 0.248 e. The van der Waals surface area contributed by atoms with Gasteiger partial charge in [0.25, 0.3) is 0 Å². The molecule has 30 heavy (non-hydrogen) atoms. The average molecular weight is 416 g/mol. The van der Waals surface area contributed by atoms with Crippen LogP contribution in [0.2, 0.25) is 0 Å². The van der Waals surface area contributed by atoms with Gasteiger partial charge in [-0.15, -0.1) is 5.10 Å². The summed E-state index contributed by atoms with van der Waals surface area (Å²) in [5.41, 5.74) is 3.65. The molecule has 0 aliphatic heterocycles. The fourth-order valence-electron chi connectivity index (χ4n) is 3.72. The maximum atomic E-state index is 13.5. The molecule has 8 nitrogen and oxygen atoms in total. The van der Waals surface area contributed by atoms with Gasteiger partial charge in [-0.1, -0.05) is 5.21 Å². The normalized spacial score (nSPS) is 16.6. The van der Waals surface area contributed by atoms with E-state index in [0.29, 0.717) is 31.0 Å². The van der Waals surface area contributed by atoms with E-state index in [2.05, 4.69) is 26.0 Å². The van der Waals surface area contributed by atoms with Crippen molar-refractivity contribution in [1.29, 1.82) is 0 Å². The third-order valence-corrected chi connectivity index (χ3v) is 5.39. The average Bonchev–Trinajstić information content (AvgIpc) is 3.26. The van der Waals surface area contributed by atoms with E-state index in [1.165, 1.54) is 0 Å². The van der Waals surface area contributed by atoms with Crippen LogP contribution in [-0.4, -0.2) is 41.7 Å². The largest absolute Gasteiger partial charge is 0.379 e. The first-order valence-electron chi connectivity index (χ1n) is 10.1. The third-order valence-electron chi connectivity index (χ3n) is 5.39. The molecule has 0 radical (unpaired) electrons. The highest BCUT2D eigenvalue weighted by Gasteiger charge is 2.35. The van der Waals surface area contributed by atoms with E-state index in [1.54, 1.807) is 15.6 Å². The molecule has 0 aromatic carbocycles. The zero-order chi connectivity index (χ0) is 21.3. The highest BCUT2D eigenvalue weighted by molar-refractivity contribution is 5.57. The number of nitrogens with one attached hydrogen (secondary N) is 2. The minimum atomic E-state index is -2.55. The van der Waals surface area contributed by atoms with Crippen LogP contribution in [0.5, 0.6) is 0 Å². The van der Waals surface area contributed by atoms with Gasteiger partial charge in [-0.2, -0.15) is 5.10 Å². The summed E-state index contributed by atoms with van der Waals surface area (Å²) in [6, 6.07) is 5.77. The lowest BCUT2D eigenvalue weighted by atomic mass is 9.92. The number of halogens is 2. The Morgan fingerprint density at radius 1 is 1.17 bits per heavy atom. The lowest BCUT2D eigenvalue weighted by Crippen LogP contribution is -2.32. The van der Waals surface area contributed by atoms with Crippen molar-refractivity contribution in [3.05, 3.63) is 41.5 Å². The number of nitrogens with zero attached hydrogens (tertiary/aromatic N) is 6. The molecule has 10 heteroatoms. The quantitative estimate of drug-likeness (QED) is 0.639. The summed E-state index contributed by atoms with van der Waals surface area (Å²) in [5, 5.41) is 19.1. The second kappa shape index (κ2) is 8.00. The van der Waals surface area contributed by atoms with Gasteiger partial charge in [0.1, 0.15) is 5.82 Å². The summed E-state index contributed by atoms with van der Waals surface area (Å²) >= 11 is 0. The highest BCUT2D eigenvalue weighted by atomic mass is 19.3. The van der Waals surface area contributed by atoms with Crippen LogP contribution in [0.3, 0.4) is 0 Å². The fraction of sp³-hybridized carbons (Fsp3) is 0.500. The van der Waals surface area contributed by atoms with Gasteiger partial charge in [-0.05, 0) is 32.8 Å². The van der Waals surface area contributed by atoms with Gasteiger partial charge in [0.05, 0.1) is 24.1 Å². The fourth-order valence-corrected chi connectivity index (χ4v) is 3.72. The number of hydrogen-bond acceptors (Lipinski definition) is 6. The van der Waals surface area contributed by atoms with Crippen LogP contribution in [0.25, 0.3) is 5.82 Å².